The van der Waals surface area contributed by atoms with Crippen molar-refractivity contribution < 1.29 is 0 Å². The zero-order valence-electron chi connectivity index (χ0n) is 9.89. The molecular weight excluding hydrogens is 202 g/mol. The normalized spacial score (nSPS) is 19.1. The first-order valence-electron chi connectivity index (χ1n) is 6.18. The Bertz CT molecular complexity index is 316. The molecule has 1 aliphatic carbocycles. The molecule has 1 heterocycles. The molecule has 5 heteroatoms. The van der Waals surface area contributed by atoms with Crippen LogP contribution < -0.4 is 11.3 Å². The molecule has 1 atom stereocenters. The minimum Gasteiger partial charge on any atom is -0.271 e. The van der Waals surface area contributed by atoms with Gasteiger partial charge >= 0.3 is 0 Å². The molecule has 0 spiro atoms. The summed E-state index contributed by atoms with van der Waals surface area (Å²) in [4.78, 5) is 4.30. The molecular formula is C11H21N5. The van der Waals surface area contributed by atoms with Crippen molar-refractivity contribution >= 4 is 0 Å². The summed E-state index contributed by atoms with van der Waals surface area (Å²) in [6.07, 6.45) is 7.76. The fourth-order valence-electron chi connectivity index (χ4n) is 2.63. The molecule has 16 heavy (non-hydrogen) atoms. The maximum Gasteiger partial charge on any atom is 0.138 e. The summed E-state index contributed by atoms with van der Waals surface area (Å²) in [6.45, 7) is 2.95. The van der Waals surface area contributed by atoms with E-state index >= 15 is 0 Å². The molecule has 1 saturated carbocycles. The maximum atomic E-state index is 5.65. The number of aromatic nitrogens is 3. The van der Waals surface area contributed by atoms with Gasteiger partial charge in [-0.05, 0) is 25.7 Å². The van der Waals surface area contributed by atoms with Crippen LogP contribution in [0.2, 0.25) is 0 Å². The molecule has 3 N–H and O–H groups in total. The quantitative estimate of drug-likeness (QED) is 0.574. The predicted octanol–water partition coefficient (Wildman–Crippen LogP) is 0.863. The average molecular weight is 223 g/mol. The topological polar surface area (TPSA) is 68.8 Å². The van der Waals surface area contributed by atoms with Gasteiger partial charge in [0.25, 0.3) is 0 Å². The second-order valence-electron chi connectivity index (χ2n) is 4.51. The van der Waals surface area contributed by atoms with Gasteiger partial charge in [-0.2, -0.15) is 5.10 Å². The summed E-state index contributed by atoms with van der Waals surface area (Å²) in [5, 5.41) is 4.19. The van der Waals surface area contributed by atoms with E-state index in [-0.39, 0.29) is 0 Å². The number of hydrogen-bond donors (Lipinski definition) is 2. The van der Waals surface area contributed by atoms with Crippen molar-refractivity contribution in [2.24, 2.45) is 11.8 Å². The molecule has 0 bridgehead atoms. The monoisotopic (exact) mass is 223 g/mol. The maximum absolute atomic E-state index is 5.65. The number of hydrogen-bond acceptors (Lipinski definition) is 4. The Hall–Kier alpha value is -0.940. The summed E-state index contributed by atoms with van der Waals surface area (Å²) in [5.41, 5.74) is 2.95. The van der Waals surface area contributed by atoms with Gasteiger partial charge in [-0.15, -0.1) is 0 Å². The minimum atomic E-state index is 0.344. The van der Waals surface area contributed by atoms with Crippen molar-refractivity contribution in [2.45, 2.75) is 51.6 Å². The highest BCUT2D eigenvalue weighted by Gasteiger charge is 2.25. The van der Waals surface area contributed by atoms with Gasteiger partial charge in [0.15, 0.2) is 0 Å². The van der Waals surface area contributed by atoms with Gasteiger partial charge in [-0.3, -0.25) is 16.0 Å². The molecule has 1 aromatic rings. The number of nitrogens with one attached hydrogen (secondary N) is 1. The van der Waals surface area contributed by atoms with Crippen molar-refractivity contribution in [1.82, 2.24) is 20.2 Å². The van der Waals surface area contributed by atoms with Crippen LogP contribution in [-0.2, 0) is 13.0 Å². The lowest BCUT2D eigenvalue weighted by Gasteiger charge is -2.22. The Morgan fingerprint density at radius 2 is 2.31 bits per heavy atom. The lowest BCUT2D eigenvalue weighted by Crippen LogP contribution is -2.42. The van der Waals surface area contributed by atoms with Gasteiger partial charge in [0.2, 0.25) is 0 Å². The SMILES string of the molecule is CCn1ncnc1CC(NN)C1CCCC1. The van der Waals surface area contributed by atoms with Crippen LogP contribution in [-0.4, -0.2) is 20.8 Å². The van der Waals surface area contributed by atoms with Crippen LogP contribution in [0.5, 0.6) is 0 Å². The fraction of sp³-hybridized carbons (Fsp3) is 0.818. The first-order valence-corrected chi connectivity index (χ1v) is 6.18. The number of nitrogens with two attached hydrogens (primary N) is 1. The molecule has 0 amide bonds. The third-order valence-corrected chi connectivity index (χ3v) is 3.58. The van der Waals surface area contributed by atoms with E-state index in [1.165, 1.54) is 25.7 Å². The molecule has 0 radical (unpaired) electrons. The summed E-state index contributed by atoms with van der Waals surface area (Å²) in [5.74, 6) is 7.39. The van der Waals surface area contributed by atoms with Crippen LogP contribution in [0.3, 0.4) is 0 Å². The first kappa shape index (κ1) is 11.5. The molecule has 1 aromatic heterocycles. The van der Waals surface area contributed by atoms with Crippen LogP contribution in [0.15, 0.2) is 6.33 Å². The number of rotatable bonds is 5. The van der Waals surface area contributed by atoms with E-state index in [9.17, 15) is 0 Å². The van der Waals surface area contributed by atoms with Gasteiger partial charge in [0, 0.05) is 19.0 Å². The second-order valence-corrected chi connectivity index (χ2v) is 4.51. The molecule has 0 saturated heterocycles. The third-order valence-electron chi connectivity index (χ3n) is 3.58. The molecule has 0 aliphatic heterocycles. The van der Waals surface area contributed by atoms with Crippen molar-refractivity contribution in [2.75, 3.05) is 0 Å². The molecule has 5 nitrogen and oxygen atoms in total. The molecule has 1 fully saturated rings. The predicted molar refractivity (Wildman–Crippen MR) is 62.5 cm³/mol. The van der Waals surface area contributed by atoms with E-state index in [2.05, 4.69) is 22.4 Å². The molecule has 90 valence electrons. The highest BCUT2D eigenvalue weighted by molar-refractivity contribution is 4.92. The summed E-state index contributed by atoms with van der Waals surface area (Å²) < 4.78 is 1.94. The minimum absolute atomic E-state index is 0.344. The van der Waals surface area contributed by atoms with E-state index in [0.717, 1.165) is 18.8 Å². The average Bonchev–Trinajstić information content (AvgIpc) is 2.96. The van der Waals surface area contributed by atoms with Gasteiger partial charge < -0.3 is 0 Å². The van der Waals surface area contributed by atoms with E-state index in [4.69, 9.17) is 5.84 Å². The second kappa shape index (κ2) is 5.41. The van der Waals surface area contributed by atoms with Gasteiger partial charge in [0.1, 0.15) is 12.2 Å². The Labute approximate surface area is 96.4 Å². The van der Waals surface area contributed by atoms with Crippen molar-refractivity contribution in [3.8, 4) is 0 Å². The van der Waals surface area contributed by atoms with Gasteiger partial charge in [-0.1, -0.05) is 12.8 Å². The lowest BCUT2D eigenvalue weighted by molar-refractivity contribution is 0.351. The number of aryl methyl sites for hydroxylation is 1. The van der Waals surface area contributed by atoms with Crippen LogP contribution in [0.4, 0.5) is 0 Å². The summed E-state index contributed by atoms with van der Waals surface area (Å²) in [6, 6.07) is 0.344. The molecule has 0 aromatic carbocycles. The first-order chi connectivity index (χ1) is 7.85. The number of hydrazine groups is 1. The van der Waals surface area contributed by atoms with Crippen molar-refractivity contribution in [1.29, 1.82) is 0 Å². The summed E-state index contributed by atoms with van der Waals surface area (Å²) in [7, 11) is 0. The zero-order chi connectivity index (χ0) is 11.4. The molecule has 2 rings (SSSR count). The van der Waals surface area contributed by atoms with E-state index in [0.29, 0.717) is 12.0 Å². The van der Waals surface area contributed by atoms with E-state index < -0.39 is 0 Å². The highest BCUT2D eigenvalue weighted by atomic mass is 15.3. The fourth-order valence-corrected chi connectivity index (χ4v) is 2.63. The third kappa shape index (κ3) is 2.41. The molecule has 1 aliphatic rings. The Morgan fingerprint density at radius 1 is 1.56 bits per heavy atom. The lowest BCUT2D eigenvalue weighted by atomic mass is 9.96. The Morgan fingerprint density at radius 3 is 2.94 bits per heavy atom. The highest BCUT2D eigenvalue weighted by Crippen LogP contribution is 2.28. The van der Waals surface area contributed by atoms with Gasteiger partial charge in [-0.25, -0.2) is 4.98 Å². The Balaban J connectivity index is 2.00. The van der Waals surface area contributed by atoms with Crippen LogP contribution in [0.1, 0.15) is 38.4 Å². The molecule has 1 unspecified atom stereocenters. The van der Waals surface area contributed by atoms with E-state index in [1.807, 2.05) is 4.68 Å². The van der Waals surface area contributed by atoms with Crippen molar-refractivity contribution in [3.63, 3.8) is 0 Å². The van der Waals surface area contributed by atoms with Gasteiger partial charge in [0.05, 0.1) is 0 Å². The van der Waals surface area contributed by atoms with Crippen LogP contribution in [0, 0.1) is 5.92 Å². The largest absolute Gasteiger partial charge is 0.271 e. The smallest absolute Gasteiger partial charge is 0.138 e. The zero-order valence-corrected chi connectivity index (χ0v) is 9.89. The standard InChI is InChI=1S/C11H21N5/c1-2-16-11(13-8-14-16)7-10(15-12)9-5-3-4-6-9/h8-10,15H,2-7,12H2,1H3. The van der Waals surface area contributed by atoms with Crippen LogP contribution in [0.25, 0.3) is 0 Å². The van der Waals surface area contributed by atoms with E-state index in [1.54, 1.807) is 6.33 Å². The summed E-state index contributed by atoms with van der Waals surface area (Å²) >= 11 is 0. The Kier molecular flexibility index (Phi) is 3.90. The van der Waals surface area contributed by atoms with Crippen LogP contribution >= 0.6 is 0 Å². The number of nitrogens with zero attached hydrogens (tertiary/aromatic N) is 3. The van der Waals surface area contributed by atoms with Crippen molar-refractivity contribution in [3.05, 3.63) is 12.2 Å².